The molecular formula is C18H15NO2. The molecule has 0 aliphatic heterocycles. The molecule has 0 radical (unpaired) electrons. The molecule has 1 aromatic heterocycles. The van der Waals surface area contributed by atoms with Crippen LogP contribution in [0.2, 0.25) is 0 Å². The highest BCUT2D eigenvalue weighted by Gasteiger charge is 2.21. The summed E-state index contributed by atoms with van der Waals surface area (Å²) in [4.78, 5) is 14.8. The average Bonchev–Trinajstić information content (AvgIpc) is 2.54. The van der Waals surface area contributed by atoms with E-state index in [9.17, 15) is 9.90 Å². The molecule has 0 aliphatic carbocycles. The number of nitrogens with one attached hydrogen (secondary N) is 1. The molecule has 3 nitrogen and oxygen atoms in total. The number of hydrogen-bond donors (Lipinski definition) is 2. The Bertz CT molecular complexity index is 740. The first kappa shape index (κ1) is 13.2. The van der Waals surface area contributed by atoms with Gasteiger partial charge in [-0.3, -0.25) is 4.79 Å². The minimum atomic E-state index is -0.374. The van der Waals surface area contributed by atoms with Crippen molar-refractivity contribution in [2.75, 3.05) is 0 Å². The Hall–Kier alpha value is -2.81. The van der Waals surface area contributed by atoms with E-state index in [0.29, 0.717) is 5.69 Å². The van der Waals surface area contributed by atoms with Gasteiger partial charge in [-0.2, -0.15) is 0 Å². The Morgan fingerprint density at radius 2 is 1.33 bits per heavy atom. The normalized spacial score (nSPS) is 10.7. The third kappa shape index (κ3) is 2.58. The van der Waals surface area contributed by atoms with Gasteiger partial charge in [-0.15, -0.1) is 0 Å². The molecule has 1 heterocycles. The van der Waals surface area contributed by atoms with E-state index >= 15 is 0 Å². The minimum absolute atomic E-state index is 0.207. The van der Waals surface area contributed by atoms with E-state index < -0.39 is 0 Å². The van der Waals surface area contributed by atoms with Gasteiger partial charge in [0, 0.05) is 12.3 Å². The molecule has 0 spiro atoms. The van der Waals surface area contributed by atoms with Gasteiger partial charge in [0.25, 0.3) is 0 Å². The van der Waals surface area contributed by atoms with Crippen molar-refractivity contribution in [3.63, 3.8) is 0 Å². The SMILES string of the molecule is O=c1cc[nH]c(C(c2ccccc2)c2ccccc2)c1O. The summed E-state index contributed by atoms with van der Waals surface area (Å²) in [6, 6.07) is 21.0. The number of aromatic amines is 1. The molecule has 3 aromatic rings. The Balaban J connectivity index is 2.22. The van der Waals surface area contributed by atoms with E-state index in [0.717, 1.165) is 11.1 Å². The molecule has 3 heteroatoms. The van der Waals surface area contributed by atoms with Crippen LogP contribution in [0.25, 0.3) is 0 Å². The van der Waals surface area contributed by atoms with Crippen LogP contribution < -0.4 is 5.43 Å². The van der Waals surface area contributed by atoms with Crippen molar-refractivity contribution in [3.8, 4) is 5.75 Å². The van der Waals surface area contributed by atoms with Crippen LogP contribution in [0.4, 0.5) is 0 Å². The summed E-state index contributed by atoms with van der Waals surface area (Å²) in [6.45, 7) is 0. The van der Waals surface area contributed by atoms with Gasteiger partial charge in [-0.05, 0) is 11.1 Å². The lowest BCUT2D eigenvalue weighted by atomic mass is 9.88. The molecule has 0 bridgehead atoms. The average molecular weight is 277 g/mol. The second kappa shape index (κ2) is 5.67. The second-order valence-corrected chi connectivity index (χ2v) is 4.86. The molecule has 0 saturated heterocycles. The van der Waals surface area contributed by atoms with Crippen molar-refractivity contribution < 1.29 is 5.11 Å². The van der Waals surface area contributed by atoms with Gasteiger partial charge in [0.15, 0.2) is 5.75 Å². The van der Waals surface area contributed by atoms with Crippen molar-refractivity contribution in [1.82, 2.24) is 4.98 Å². The first-order valence-electron chi connectivity index (χ1n) is 6.78. The zero-order valence-electron chi connectivity index (χ0n) is 11.4. The number of pyridine rings is 1. The highest BCUT2D eigenvalue weighted by Crippen LogP contribution is 2.33. The Labute approximate surface area is 122 Å². The van der Waals surface area contributed by atoms with Gasteiger partial charge in [-0.25, -0.2) is 0 Å². The zero-order chi connectivity index (χ0) is 14.7. The number of benzene rings is 2. The Morgan fingerprint density at radius 3 is 1.86 bits per heavy atom. The Morgan fingerprint density at radius 1 is 0.810 bits per heavy atom. The van der Waals surface area contributed by atoms with E-state index in [2.05, 4.69) is 4.98 Å². The number of aromatic nitrogens is 1. The number of hydrogen-bond acceptors (Lipinski definition) is 2. The van der Waals surface area contributed by atoms with Crippen LogP contribution in [0.1, 0.15) is 22.7 Å². The number of H-pyrrole nitrogens is 1. The van der Waals surface area contributed by atoms with Crippen LogP contribution in [0, 0.1) is 0 Å². The van der Waals surface area contributed by atoms with Gasteiger partial charge in [-0.1, -0.05) is 60.7 Å². The van der Waals surface area contributed by atoms with Gasteiger partial charge >= 0.3 is 0 Å². The van der Waals surface area contributed by atoms with Gasteiger partial charge in [0.1, 0.15) is 0 Å². The number of aromatic hydroxyl groups is 1. The maximum absolute atomic E-state index is 11.7. The summed E-state index contributed by atoms with van der Waals surface area (Å²) in [6.07, 6.45) is 1.57. The largest absolute Gasteiger partial charge is 0.503 e. The predicted octanol–water partition coefficient (Wildman–Crippen LogP) is 3.26. The summed E-state index contributed by atoms with van der Waals surface area (Å²) in [7, 11) is 0. The van der Waals surface area contributed by atoms with E-state index in [4.69, 9.17) is 0 Å². The molecule has 0 aliphatic rings. The molecule has 0 saturated carbocycles. The van der Waals surface area contributed by atoms with Crippen molar-refractivity contribution in [2.24, 2.45) is 0 Å². The van der Waals surface area contributed by atoms with Crippen molar-refractivity contribution in [3.05, 3.63) is 100.0 Å². The van der Waals surface area contributed by atoms with Gasteiger partial charge < -0.3 is 10.1 Å². The van der Waals surface area contributed by atoms with E-state index in [-0.39, 0.29) is 17.1 Å². The molecule has 0 amide bonds. The first-order chi connectivity index (χ1) is 10.3. The van der Waals surface area contributed by atoms with E-state index in [1.54, 1.807) is 6.20 Å². The molecule has 0 atom stereocenters. The summed E-state index contributed by atoms with van der Waals surface area (Å²) in [5.74, 6) is -0.434. The molecule has 0 fully saturated rings. The molecule has 2 aromatic carbocycles. The predicted molar refractivity (Wildman–Crippen MR) is 82.6 cm³/mol. The summed E-state index contributed by atoms with van der Waals surface area (Å²) >= 11 is 0. The summed E-state index contributed by atoms with van der Waals surface area (Å²) in [5, 5.41) is 10.1. The smallest absolute Gasteiger partial charge is 0.223 e. The lowest BCUT2D eigenvalue weighted by molar-refractivity contribution is 0.457. The molecule has 3 rings (SSSR count). The first-order valence-corrected chi connectivity index (χ1v) is 6.78. The lowest BCUT2D eigenvalue weighted by Crippen LogP contribution is -2.10. The molecule has 2 N–H and O–H groups in total. The quantitative estimate of drug-likeness (QED) is 0.772. The maximum Gasteiger partial charge on any atom is 0.223 e. The van der Waals surface area contributed by atoms with Gasteiger partial charge in [0.2, 0.25) is 5.43 Å². The van der Waals surface area contributed by atoms with Crippen LogP contribution in [-0.4, -0.2) is 10.1 Å². The third-order valence-corrected chi connectivity index (χ3v) is 3.52. The van der Waals surface area contributed by atoms with E-state index in [1.165, 1.54) is 6.07 Å². The topological polar surface area (TPSA) is 53.1 Å². The fourth-order valence-corrected chi connectivity index (χ4v) is 2.52. The summed E-state index contributed by atoms with van der Waals surface area (Å²) < 4.78 is 0. The monoisotopic (exact) mass is 277 g/mol. The fraction of sp³-hybridized carbons (Fsp3) is 0.0556. The van der Waals surface area contributed by atoms with Crippen LogP contribution in [0.3, 0.4) is 0 Å². The molecule has 104 valence electrons. The highest BCUT2D eigenvalue weighted by atomic mass is 16.3. The van der Waals surface area contributed by atoms with Crippen LogP contribution >= 0.6 is 0 Å². The lowest BCUT2D eigenvalue weighted by Gasteiger charge is -2.19. The third-order valence-electron chi connectivity index (χ3n) is 3.52. The summed E-state index contributed by atoms with van der Waals surface area (Å²) in [5.41, 5.74) is 2.17. The van der Waals surface area contributed by atoms with E-state index in [1.807, 2.05) is 60.7 Å². The van der Waals surface area contributed by atoms with Crippen LogP contribution in [-0.2, 0) is 0 Å². The van der Waals surface area contributed by atoms with Crippen LogP contribution in [0.15, 0.2) is 77.7 Å². The van der Waals surface area contributed by atoms with Gasteiger partial charge in [0.05, 0.1) is 11.6 Å². The van der Waals surface area contributed by atoms with Crippen molar-refractivity contribution >= 4 is 0 Å². The molecular weight excluding hydrogens is 262 g/mol. The minimum Gasteiger partial charge on any atom is -0.503 e. The molecule has 0 unspecified atom stereocenters. The van der Waals surface area contributed by atoms with Crippen molar-refractivity contribution in [2.45, 2.75) is 5.92 Å². The van der Waals surface area contributed by atoms with Crippen molar-refractivity contribution in [1.29, 1.82) is 0 Å². The highest BCUT2D eigenvalue weighted by molar-refractivity contribution is 5.44. The fourth-order valence-electron chi connectivity index (χ4n) is 2.52. The second-order valence-electron chi connectivity index (χ2n) is 4.86. The standard InChI is InChI=1S/C18H15NO2/c20-15-11-12-19-17(18(15)21)16(13-7-3-1-4-8-13)14-9-5-2-6-10-14/h1-12,16,21H,(H,19,20). The van der Waals surface area contributed by atoms with Crippen LogP contribution in [0.5, 0.6) is 5.75 Å². The number of rotatable bonds is 3. The maximum atomic E-state index is 11.7. The molecule has 21 heavy (non-hydrogen) atoms. The Kier molecular flexibility index (Phi) is 3.56. The zero-order valence-corrected chi connectivity index (χ0v) is 11.4.